The smallest absolute Gasteiger partial charge is 0.242 e. The fourth-order valence-corrected chi connectivity index (χ4v) is 1.54. The Balaban J connectivity index is 2.41. The molecule has 0 saturated carbocycles. The van der Waals surface area contributed by atoms with E-state index in [4.69, 9.17) is 0 Å². The largest absolute Gasteiger partial charge is 0.360 e. The van der Waals surface area contributed by atoms with Crippen LogP contribution < -0.4 is 4.90 Å². The van der Waals surface area contributed by atoms with Crippen molar-refractivity contribution in [2.75, 3.05) is 18.5 Å². The number of anilines is 1. The maximum absolute atomic E-state index is 10.0. The van der Waals surface area contributed by atoms with Crippen LogP contribution in [0.1, 0.15) is 6.42 Å². The van der Waals surface area contributed by atoms with Crippen LogP contribution in [0.4, 0.5) is 11.6 Å². The third-order valence-corrected chi connectivity index (χ3v) is 2.16. The standard InChI is InChI=1S/C8H10N4O/c1-11-3-2-4-12-8(11)5-7(10-12)9-6-13/h5H,2-4H2,1H3. The molecule has 0 unspecified atom stereocenters. The first-order chi connectivity index (χ1) is 6.31. The van der Waals surface area contributed by atoms with Gasteiger partial charge in [0, 0.05) is 26.2 Å². The van der Waals surface area contributed by atoms with Gasteiger partial charge in [-0.15, -0.1) is 4.99 Å². The van der Waals surface area contributed by atoms with Gasteiger partial charge in [-0.25, -0.2) is 9.48 Å². The second kappa shape index (κ2) is 3.03. The van der Waals surface area contributed by atoms with Crippen molar-refractivity contribution in [3.8, 4) is 0 Å². The lowest BCUT2D eigenvalue weighted by Gasteiger charge is -2.24. The maximum Gasteiger partial charge on any atom is 0.242 e. The van der Waals surface area contributed by atoms with Crippen molar-refractivity contribution in [3.63, 3.8) is 0 Å². The van der Waals surface area contributed by atoms with Crippen molar-refractivity contribution in [2.45, 2.75) is 13.0 Å². The molecule has 68 valence electrons. The summed E-state index contributed by atoms with van der Waals surface area (Å²) in [5.74, 6) is 1.46. The van der Waals surface area contributed by atoms with E-state index in [0.717, 1.165) is 25.3 Å². The molecule has 5 heteroatoms. The molecule has 0 atom stereocenters. The number of carbonyl (C=O) groups excluding carboxylic acids is 1. The molecule has 1 aromatic rings. The molecular weight excluding hydrogens is 168 g/mol. The van der Waals surface area contributed by atoms with Gasteiger partial charge < -0.3 is 4.90 Å². The van der Waals surface area contributed by atoms with Gasteiger partial charge >= 0.3 is 0 Å². The molecule has 0 N–H and O–H groups in total. The van der Waals surface area contributed by atoms with Crippen LogP contribution in [-0.2, 0) is 11.3 Å². The first-order valence-corrected chi connectivity index (χ1v) is 4.18. The fourth-order valence-electron chi connectivity index (χ4n) is 1.54. The number of aryl methyl sites for hydroxylation is 1. The van der Waals surface area contributed by atoms with Gasteiger partial charge in [-0.3, -0.25) is 0 Å². The highest BCUT2D eigenvalue weighted by Gasteiger charge is 2.15. The van der Waals surface area contributed by atoms with Gasteiger partial charge in [0.25, 0.3) is 0 Å². The van der Waals surface area contributed by atoms with E-state index >= 15 is 0 Å². The lowest BCUT2D eigenvalue weighted by atomic mass is 10.3. The van der Waals surface area contributed by atoms with E-state index in [0.29, 0.717) is 5.82 Å². The van der Waals surface area contributed by atoms with Crippen molar-refractivity contribution in [2.24, 2.45) is 4.99 Å². The summed E-state index contributed by atoms with van der Waals surface area (Å²) in [6, 6.07) is 1.80. The Kier molecular flexibility index (Phi) is 1.87. The molecule has 5 nitrogen and oxygen atoms in total. The van der Waals surface area contributed by atoms with Crippen molar-refractivity contribution in [1.29, 1.82) is 0 Å². The minimum Gasteiger partial charge on any atom is -0.360 e. The first-order valence-electron chi connectivity index (χ1n) is 4.18. The maximum atomic E-state index is 10.0. The van der Waals surface area contributed by atoms with Crippen molar-refractivity contribution >= 4 is 17.7 Å². The average molecular weight is 178 g/mol. The SMILES string of the molecule is CN1CCCn2nc(N=C=O)cc21. The lowest BCUT2D eigenvalue weighted by molar-refractivity contribution is 0.533. The van der Waals surface area contributed by atoms with Crippen molar-refractivity contribution < 1.29 is 4.79 Å². The molecule has 0 amide bonds. The molecule has 0 spiro atoms. The lowest BCUT2D eigenvalue weighted by Crippen LogP contribution is -2.27. The summed E-state index contributed by atoms with van der Waals surface area (Å²) in [6.45, 7) is 1.92. The second-order valence-electron chi connectivity index (χ2n) is 3.06. The molecular formula is C8H10N4O. The number of aromatic nitrogens is 2. The van der Waals surface area contributed by atoms with Crippen LogP contribution in [-0.4, -0.2) is 29.5 Å². The number of aliphatic imine (C=N–C) groups is 1. The Bertz CT molecular complexity index is 364. The predicted molar refractivity (Wildman–Crippen MR) is 47.9 cm³/mol. The van der Waals surface area contributed by atoms with Crippen LogP contribution in [0.2, 0.25) is 0 Å². The molecule has 2 rings (SSSR count). The van der Waals surface area contributed by atoms with Gasteiger partial charge in [0.15, 0.2) is 5.82 Å². The molecule has 1 aliphatic heterocycles. The summed E-state index contributed by atoms with van der Waals surface area (Å²) in [7, 11) is 2.00. The Labute approximate surface area is 75.7 Å². The van der Waals surface area contributed by atoms with Gasteiger partial charge in [-0.1, -0.05) is 0 Å². The predicted octanol–water partition coefficient (Wildman–Crippen LogP) is 0.690. The van der Waals surface area contributed by atoms with Crippen LogP contribution in [0.15, 0.2) is 11.1 Å². The van der Waals surface area contributed by atoms with Crippen LogP contribution >= 0.6 is 0 Å². The van der Waals surface area contributed by atoms with Gasteiger partial charge in [0.05, 0.1) is 0 Å². The normalized spacial score (nSPS) is 15.0. The Morgan fingerprint density at radius 1 is 1.62 bits per heavy atom. The summed E-state index contributed by atoms with van der Waals surface area (Å²) in [6.07, 6.45) is 2.57. The highest BCUT2D eigenvalue weighted by Crippen LogP contribution is 2.23. The molecule has 1 aliphatic rings. The second-order valence-corrected chi connectivity index (χ2v) is 3.06. The molecule has 13 heavy (non-hydrogen) atoms. The minimum atomic E-state index is 0.443. The van der Waals surface area contributed by atoms with Gasteiger partial charge in [-0.05, 0) is 6.42 Å². The molecule has 0 saturated heterocycles. The van der Waals surface area contributed by atoms with Crippen LogP contribution in [0.3, 0.4) is 0 Å². The number of hydrogen-bond acceptors (Lipinski definition) is 4. The summed E-state index contributed by atoms with van der Waals surface area (Å²) >= 11 is 0. The topological polar surface area (TPSA) is 50.5 Å². The fraction of sp³-hybridized carbons (Fsp3) is 0.500. The van der Waals surface area contributed by atoms with Crippen LogP contribution in [0.25, 0.3) is 0 Å². The molecule has 0 radical (unpaired) electrons. The Hall–Kier alpha value is -1.61. The van der Waals surface area contributed by atoms with Gasteiger partial charge in [0.2, 0.25) is 6.08 Å². The summed E-state index contributed by atoms with van der Waals surface area (Å²) in [5, 5.41) is 4.14. The van der Waals surface area contributed by atoms with E-state index < -0.39 is 0 Å². The Morgan fingerprint density at radius 3 is 3.15 bits per heavy atom. The Morgan fingerprint density at radius 2 is 2.46 bits per heavy atom. The molecule has 0 bridgehead atoms. The van der Waals surface area contributed by atoms with E-state index in [9.17, 15) is 4.79 Å². The quantitative estimate of drug-likeness (QED) is 0.469. The molecule has 0 fully saturated rings. The number of fused-ring (bicyclic) bond motifs is 1. The van der Waals surface area contributed by atoms with E-state index in [2.05, 4.69) is 15.0 Å². The summed E-state index contributed by atoms with van der Waals surface area (Å²) in [5.41, 5.74) is 0. The zero-order valence-electron chi connectivity index (χ0n) is 7.40. The first kappa shape index (κ1) is 8.01. The monoisotopic (exact) mass is 178 g/mol. The number of isocyanates is 1. The van der Waals surface area contributed by atoms with Gasteiger partial charge in [-0.2, -0.15) is 5.10 Å². The highest BCUT2D eigenvalue weighted by molar-refractivity contribution is 5.52. The zero-order chi connectivity index (χ0) is 9.26. The number of nitrogens with zero attached hydrogens (tertiary/aromatic N) is 4. The van der Waals surface area contributed by atoms with E-state index in [1.54, 1.807) is 6.07 Å². The molecule has 0 aromatic carbocycles. The third kappa shape index (κ3) is 1.34. The van der Waals surface area contributed by atoms with Crippen LogP contribution in [0.5, 0.6) is 0 Å². The molecule has 0 aliphatic carbocycles. The average Bonchev–Trinajstić information content (AvgIpc) is 2.49. The van der Waals surface area contributed by atoms with E-state index in [1.165, 1.54) is 6.08 Å². The van der Waals surface area contributed by atoms with Gasteiger partial charge in [0.1, 0.15) is 5.82 Å². The van der Waals surface area contributed by atoms with E-state index in [-0.39, 0.29) is 0 Å². The van der Waals surface area contributed by atoms with E-state index in [1.807, 2.05) is 11.7 Å². The van der Waals surface area contributed by atoms with Crippen molar-refractivity contribution in [3.05, 3.63) is 6.07 Å². The minimum absolute atomic E-state index is 0.443. The molecule has 1 aromatic heterocycles. The summed E-state index contributed by atoms with van der Waals surface area (Å²) in [4.78, 5) is 15.6. The molecule has 2 heterocycles. The highest BCUT2D eigenvalue weighted by atomic mass is 16.1. The van der Waals surface area contributed by atoms with Crippen LogP contribution in [0, 0.1) is 0 Å². The van der Waals surface area contributed by atoms with Crippen molar-refractivity contribution in [1.82, 2.24) is 9.78 Å². The summed E-state index contributed by atoms with van der Waals surface area (Å²) < 4.78 is 1.86. The number of rotatable bonds is 1. The zero-order valence-corrected chi connectivity index (χ0v) is 7.40. The number of hydrogen-bond donors (Lipinski definition) is 0. The third-order valence-electron chi connectivity index (χ3n) is 2.16.